The van der Waals surface area contributed by atoms with E-state index in [1.54, 1.807) is 6.07 Å². The minimum absolute atomic E-state index is 0.0618. The van der Waals surface area contributed by atoms with Crippen molar-refractivity contribution in [2.24, 2.45) is 0 Å². The van der Waals surface area contributed by atoms with E-state index in [1.165, 1.54) is 25.3 Å². The van der Waals surface area contributed by atoms with E-state index in [1.807, 2.05) is 0 Å². The summed E-state index contributed by atoms with van der Waals surface area (Å²) >= 11 is 0. The molecule has 18 heavy (non-hydrogen) atoms. The normalized spacial score (nSPS) is 27.6. The molecule has 0 amide bonds. The molecule has 1 saturated carbocycles. The molecule has 0 radical (unpaired) electrons. The third-order valence-corrected chi connectivity index (χ3v) is 4.26. The van der Waals surface area contributed by atoms with Crippen molar-refractivity contribution >= 4 is 0 Å². The van der Waals surface area contributed by atoms with Gasteiger partial charge in [0.1, 0.15) is 0 Å². The molecule has 3 rings (SSSR count). The van der Waals surface area contributed by atoms with E-state index in [4.69, 9.17) is 0 Å². The molecule has 2 atom stereocenters. The monoisotopic (exact) mass is 249 g/mol. The Morgan fingerprint density at radius 2 is 1.89 bits per heavy atom. The molecular formula is C14H19NO3. The highest BCUT2D eigenvalue weighted by atomic mass is 16.3. The number of aliphatic hydroxyl groups is 1. The van der Waals surface area contributed by atoms with Crippen molar-refractivity contribution in [3.8, 4) is 11.5 Å². The van der Waals surface area contributed by atoms with Gasteiger partial charge in [0, 0.05) is 17.6 Å². The molecule has 0 heterocycles. The number of fused-ring (bicyclic) bond motifs is 1. The van der Waals surface area contributed by atoms with Gasteiger partial charge in [-0.1, -0.05) is 12.5 Å². The fraction of sp³-hybridized carbons (Fsp3) is 0.571. The highest BCUT2D eigenvalue weighted by Crippen LogP contribution is 2.40. The number of aromatic hydroxyl groups is 2. The van der Waals surface area contributed by atoms with Gasteiger partial charge in [0.05, 0.1) is 6.10 Å². The molecule has 0 spiro atoms. The van der Waals surface area contributed by atoms with E-state index in [2.05, 4.69) is 5.32 Å². The molecule has 0 aromatic heterocycles. The Hall–Kier alpha value is -1.26. The minimum atomic E-state index is -0.596. The second-order valence-electron chi connectivity index (χ2n) is 5.39. The van der Waals surface area contributed by atoms with Crippen molar-refractivity contribution < 1.29 is 15.3 Å². The van der Waals surface area contributed by atoms with Gasteiger partial charge in [-0.3, -0.25) is 0 Å². The first-order valence-corrected chi connectivity index (χ1v) is 6.64. The fourth-order valence-electron chi connectivity index (χ4n) is 2.91. The lowest BCUT2D eigenvalue weighted by Crippen LogP contribution is -2.46. The number of hydrogen-bond acceptors (Lipinski definition) is 4. The summed E-state index contributed by atoms with van der Waals surface area (Å²) < 4.78 is 0. The zero-order chi connectivity index (χ0) is 12.7. The van der Waals surface area contributed by atoms with Crippen molar-refractivity contribution in [3.05, 3.63) is 23.3 Å². The second-order valence-corrected chi connectivity index (χ2v) is 5.39. The summed E-state index contributed by atoms with van der Waals surface area (Å²) in [5.74, 6) is -0.181. The summed E-state index contributed by atoms with van der Waals surface area (Å²) in [6.45, 7) is 0. The molecule has 4 N–H and O–H groups in total. The number of hydrogen-bond donors (Lipinski definition) is 4. The Labute approximate surface area is 106 Å². The third kappa shape index (κ3) is 1.85. The van der Waals surface area contributed by atoms with Gasteiger partial charge in [0.25, 0.3) is 0 Å². The average Bonchev–Trinajstić information content (AvgIpc) is 2.31. The van der Waals surface area contributed by atoms with Gasteiger partial charge in [-0.15, -0.1) is 0 Å². The summed E-state index contributed by atoms with van der Waals surface area (Å²) in [6, 6.07) is 3.76. The molecule has 0 bridgehead atoms. The first-order chi connectivity index (χ1) is 8.66. The van der Waals surface area contributed by atoms with Crippen LogP contribution in [0.15, 0.2) is 12.1 Å². The molecule has 0 unspecified atom stereocenters. The number of phenolic OH excluding ortho intramolecular Hbond substituents is 2. The Morgan fingerprint density at radius 1 is 1.11 bits per heavy atom. The Kier molecular flexibility index (Phi) is 2.92. The standard InChI is InChI=1S/C14H19NO3/c16-12-7-5-9-10(14(12)18)4-6-11(13(9)17)15-8-2-1-3-8/h5,7-8,11,13,15-18H,1-4,6H2/t11-,13-/m0/s1. The summed E-state index contributed by atoms with van der Waals surface area (Å²) in [5.41, 5.74) is 1.43. The van der Waals surface area contributed by atoms with Crippen molar-refractivity contribution in [2.75, 3.05) is 0 Å². The van der Waals surface area contributed by atoms with Crippen molar-refractivity contribution in [1.29, 1.82) is 0 Å². The third-order valence-electron chi connectivity index (χ3n) is 4.26. The van der Waals surface area contributed by atoms with Crippen LogP contribution in [0, 0.1) is 0 Å². The van der Waals surface area contributed by atoms with Gasteiger partial charge in [-0.05, 0) is 37.3 Å². The van der Waals surface area contributed by atoms with Gasteiger partial charge in [0.15, 0.2) is 11.5 Å². The minimum Gasteiger partial charge on any atom is -0.504 e. The van der Waals surface area contributed by atoms with E-state index in [0.29, 0.717) is 18.0 Å². The average molecular weight is 249 g/mol. The summed E-state index contributed by atoms with van der Waals surface area (Å²) in [6.07, 6.45) is 4.54. The number of rotatable bonds is 2. The lowest BCUT2D eigenvalue weighted by Gasteiger charge is -2.37. The molecule has 4 nitrogen and oxygen atoms in total. The highest BCUT2D eigenvalue weighted by molar-refractivity contribution is 5.51. The van der Waals surface area contributed by atoms with Crippen LogP contribution in [0.4, 0.5) is 0 Å². The second kappa shape index (κ2) is 4.44. The molecule has 1 fully saturated rings. The SMILES string of the molecule is Oc1ccc2c(c1O)CC[C@H](NC1CCC1)[C@H]2O. The maximum absolute atomic E-state index is 10.3. The molecule has 98 valence electrons. The van der Waals surface area contributed by atoms with Crippen molar-refractivity contribution in [3.63, 3.8) is 0 Å². The molecule has 0 aliphatic heterocycles. The molecule has 2 aliphatic rings. The van der Waals surface area contributed by atoms with Gasteiger partial charge >= 0.3 is 0 Å². The summed E-state index contributed by atoms with van der Waals surface area (Å²) in [4.78, 5) is 0. The lowest BCUT2D eigenvalue weighted by atomic mass is 9.83. The van der Waals surface area contributed by atoms with Crippen molar-refractivity contribution in [2.45, 2.75) is 50.3 Å². The largest absolute Gasteiger partial charge is 0.504 e. The zero-order valence-corrected chi connectivity index (χ0v) is 10.3. The van der Waals surface area contributed by atoms with Crippen LogP contribution in [-0.4, -0.2) is 27.4 Å². The van der Waals surface area contributed by atoms with Crippen LogP contribution in [0.1, 0.15) is 42.9 Å². The maximum atomic E-state index is 10.3. The predicted molar refractivity (Wildman–Crippen MR) is 67.6 cm³/mol. The van der Waals surface area contributed by atoms with Gasteiger partial charge in [-0.25, -0.2) is 0 Å². The van der Waals surface area contributed by atoms with E-state index in [-0.39, 0.29) is 17.5 Å². The predicted octanol–water partition coefficient (Wildman–Crippen LogP) is 1.59. The zero-order valence-electron chi connectivity index (χ0n) is 10.3. The molecule has 4 heteroatoms. The van der Waals surface area contributed by atoms with E-state index >= 15 is 0 Å². The Balaban J connectivity index is 1.82. The van der Waals surface area contributed by atoms with E-state index < -0.39 is 6.10 Å². The smallest absolute Gasteiger partial charge is 0.161 e. The van der Waals surface area contributed by atoms with Gasteiger partial charge in [-0.2, -0.15) is 0 Å². The van der Waals surface area contributed by atoms with Gasteiger partial charge in [0.2, 0.25) is 0 Å². The lowest BCUT2D eigenvalue weighted by molar-refractivity contribution is 0.0984. The fourth-order valence-corrected chi connectivity index (χ4v) is 2.91. The number of aliphatic hydroxyl groups excluding tert-OH is 1. The highest BCUT2D eigenvalue weighted by Gasteiger charge is 2.32. The number of benzene rings is 1. The van der Waals surface area contributed by atoms with Crippen LogP contribution < -0.4 is 5.32 Å². The van der Waals surface area contributed by atoms with Crippen LogP contribution in [0.2, 0.25) is 0 Å². The van der Waals surface area contributed by atoms with E-state index in [9.17, 15) is 15.3 Å². The first-order valence-electron chi connectivity index (χ1n) is 6.64. The molecule has 1 aromatic carbocycles. The number of phenols is 2. The van der Waals surface area contributed by atoms with Crippen LogP contribution in [-0.2, 0) is 6.42 Å². The van der Waals surface area contributed by atoms with Gasteiger partial charge < -0.3 is 20.6 Å². The quantitative estimate of drug-likeness (QED) is 0.601. The van der Waals surface area contributed by atoms with Crippen LogP contribution in [0.3, 0.4) is 0 Å². The molecular weight excluding hydrogens is 230 g/mol. The Morgan fingerprint density at radius 3 is 2.56 bits per heavy atom. The Bertz CT molecular complexity index is 457. The maximum Gasteiger partial charge on any atom is 0.161 e. The first kappa shape index (κ1) is 11.8. The molecule has 0 saturated heterocycles. The van der Waals surface area contributed by atoms with Crippen LogP contribution in [0.5, 0.6) is 11.5 Å². The molecule has 1 aromatic rings. The van der Waals surface area contributed by atoms with E-state index in [0.717, 1.165) is 12.0 Å². The van der Waals surface area contributed by atoms with Crippen molar-refractivity contribution in [1.82, 2.24) is 5.32 Å². The molecule has 2 aliphatic carbocycles. The topological polar surface area (TPSA) is 72.7 Å². The summed E-state index contributed by atoms with van der Waals surface area (Å²) in [7, 11) is 0. The van der Waals surface area contributed by atoms with Crippen LogP contribution >= 0.6 is 0 Å². The summed E-state index contributed by atoms with van der Waals surface area (Å²) in [5, 5.41) is 33.1. The number of nitrogens with one attached hydrogen (secondary N) is 1. The van der Waals surface area contributed by atoms with Crippen LogP contribution in [0.25, 0.3) is 0 Å².